The van der Waals surface area contributed by atoms with Gasteiger partial charge >= 0.3 is 0 Å². The highest BCUT2D eigenvalue weighted by molar-refractivity contribution is 5.07. The fourth-order valence-corrected chi connectivity index (χ4v) is 1.30. The van der Waals surface area contributed by atoms with Gasteiger partial charge in [-0.15, -0.1) is 0 Å². The van der Waals surface area contributed by atoms with Crippen LogP contribution in [0.5, 0.6) is 0 Å². The Bertz CT molecular complexity index is 260. The molecule has 80 valence electrons. The van der Waals surface area contributed by atoms with Crippen LogP contribution < -0.4 is 0 Å². The zero-order valence-corrected chi connectivity index (χ0v) is 8.81. The van der Waals surface area contributed by atoms with Crippen LogP contribution in [-0.4, -0.2) is 28.1 Å². The Labute approximate surface area is 84.5 Å². The lowest BCUT2D eigenvalue weighted by atomic mass is 10.1. The average molecular weight is 198 g/mol. The summed E-state index contributed by atoms with van der Waals surface area (Å²) < 4.78 is 6.89. The summed E-state index contributed by atoms with van der Waals surface area (Å²) in [6.45, 7) is 3.42. The second-order valence-corrected chi connectivity index (χ2v) is 3.30. The van der Waals surface area contributed by atoms with Gasteiger partial charge in [0, 0.05) is 32.0 Å². The second-order valence-electron chi connectivity index (χ2n) is 3.30. The third-order valence-electron chi connectivity index (χ3n) is 2.08. The molecule has 0 aliphatic carbocycles. The van der Waals surface area contributed by atoms with E-state index in [1.807, 2.05) is 20.2 Å². The minimum Gasteiger partial charge on any atom is -0.388 e. The Morgan fingerprint density at radius 2 is 2.43 bits per heavy atom. The van der Waals surface area contributed by atoms with Gasteiger partial charge in [0.2, 0.25) is 0 Å². The minimum atomic E-state index is -0.413. The lowest BCUT2D eigenvalue weighted by Gasteiger charge is -2.07. The van der Waals surface area contributed by atoms with Crippen molar-refractivity contribution in [2.24, 2.45) is 7.05 Å². The van der Waals surface area contributed by atoms with Crippen LogP contribution in [0.15, 0.2) is 12.4 Å². The number of nitrogens with zero attached hydrogens (tertiary/aromatic N) is 2. The monoisotopic (exact) mass is 198 g/mol. The van der Waals surface area contributed by atoms with Crippen molar-refractivity contribution in [2.45, 2.75) is 25.9 Å². The van der Waals surface area contributed by atoms with Crippen LogP contribution in [-0.2, 0) is 11.8 Å². The van der Waals surface area contributed by atoms with Crippen molar-refractivity contribution in [2.75, 3.05) is 13.2 Å². The van der Waals surface area contributed by atoms with Crippen LogP contribution in [0.4, 0.5) is 0 Å². The van der Waals surface area contributed by atoms with Crippen molar-refractivity contribution in [1.82, 2.24) is 9.78 Å². The van der Waals surface area contributed by atoms with Gasteiger partial charge in [-0.3, -0.25) is 4.68 Å². The van der Waals surface area contributed by atoms with Crippen molar-refractivity contribution in [3.05, 3.63) is 18.0 Å². The first kappa shape index (κ1) is 11.2. The molecule has 4 heteroatoms. The van der Waals surface area contributed by atoms with E-state index in [0.29, 0.717) is 6.61 Å². The molecule has 1 atom stereocenters. The third-order valence-corrected chi connectivity index (χ3v) is 2.08. The molecule has 0 fully saturated rings. The van der Waals surface area contributed by atoms with Crippen LogP contribution in [0.3, 0.4) is 0 Å². The predicted molar refractivity (Wildman–Crippen MR) is 53.9 cm³/mol. The van der Waals surface area contributed by atoms with Gasteiger partial charge in [-0.2, -0.15) is 5.10 Å². The maximum atomic E-state index is 9.72. The molecule has 1 heterocycles. The number of hydrogen-bond donors (Lipinski definition) is 1. The maximum absolute atomic E-state index is 9.72. The maximum Gasteiger partial charge on any atom is 0.0821 e. The van der Waals surface area contributed by atoms with Gasteiger partial charge in [-0.25, -0.2) is 0 Å². The molecule has 0 aliphatic rings. The average Bonchev–Trinajstić information content (AvgIpc) is 2.59. The summed E-state index contributed by atoms with van der Waals surface area (Å²) in [4.78, 5) is 0. The Balaban J connectivity index is 2.25. The van der Waals surface area contributed by atoms with Crippen molar-refractivity contribution in [3.63, 3.8) is 0 Å². The molecule has 0 amide bonds. The Kier molecular flexibility index (Phi) is 4.62. The van der Waals surface area contributed by atoms with E-state index in [-0.39, 0.29) is 0 Å². The van der Waals surface area contributed by atoms with E-state index in [2.05, 4.69) is 5.10 Å². The Morgan fingerprint density at radius 1 is 1.64 bits per heavy atom. The molecular formula is C10H18N2O2. The molecule has 0 saturated heterocycles. The van der Waals surface area contributed by atoms with Crippen LogP contribution >= 0.6 is 0 Å². The van der Waals surface area contributed by atoms with Crippen LogP contribution in [0.25, 0.3) is 0 Å². The highest BCUT2D eigenvalue weighted by Gasteiger charge is 2.08. The number of hydrogen-bond acceptors (Lipinski definition) is 3. The number of aliphatic hydroxyl groups is 1. The molecule has 1 aromatic heterocycles. The van der Waals surface area contributed by atoms with Crippen molar-refractivity contribution in [1.29, 1.82) is 0 Å². The molecule has 0 spiro atoms. The summed E-state index contributed by atoms with van der Waals surface area (Å²) in [6, 6.07) is 0. The minimum absolute atomic E-state index is 0.413. The molecule has 0 saturated carbocycles. The van der Waals surface area contributed by atoms with Gasteiger partial charge in [0.05, 0.1) is 12.3 Å². The molecule has 1 N–H and O–H groups in total. The van der Waals surface area contributed by atoms with E-state index in [0.717, 1.165) is 25.0 Å². The van der Waals surface area contributed by atoms with Crippen molar-refractivity contribution in [3.8, 4) is 0 Å². The molecule has 1 aromatic rings. The van der Waals surface area contributed by atoms with Gasteiger partial charge in [0.15, 0.2) is 0 Å². The number of ether oxygens (including phenoxy) is 1. The molecule has 14 heavy (non-hydrogen) atoms. The normalized spacial score (nSPS) is 13.1. The first-order valence-corrected chi connectivity index (χ1v) is 4.98. The summed E-state index contributed by atoms with van der Waals surface area (Å²) in [5, 5.41) is 13.7. The van der Waals surface area contributed by atoms with Crippen LogP contribution in [0.2, 0.25) is 0 Å². The molecule has 0 bridgehead atoms. The quantitative estimate of drug-likeness (QED) is 0.700. The van der Waals surface area contributed by atoms with Crippen molar-refractivity contribution < 1.29 is 9.84 Å². The number of aryl methyl sites for hydroxylation is 1. The smallest absolute Gasteiger partial charge is 0.0821 e. The van der Waals surface area contributed by atoms with E-state index < -0.39 is 6.10 Å². The standard InChI is InChI=1S/C10H18N2O2/c1-3-14-6-4-5-10(13)9-7-11-12(2)8-9/h7-8,10,13H,3-6H2,1-2H3. The SMILES string of the molecule is CCOCCCC(O)c1cnn(C)c1. The first-order valence-electron chi connectivity index (χ1n) is 4.98. The lowest BCUT2D eigenvalue weighted by molar-refractivity contribution is 0.114. The highest BCUT2D eigenvalue weighted by atomic mass is 16.5. The van der Waals surface area contributed by atoms with Crippen LogP contribution in [0.1, 0.15) is 31.4 Å². The predicted octanol–water partition coefficient (Wildman–Crippen LogP) is 1.27. The van der Waals surface area contributed by atoms with Gasteiger partial charge in [-0.1, -0.05) is 0 Å². The summed E-state index contributed by atoms with van der Waals surface area (Å²) in [5.41, 5.74) is 0.879. The first-order chi connectivity index (χ1) is 6.74. The van der Waals surface area contributed by atoms with Gasteiger partial charge in [-0.05, 0) is 19.8 Å². The largest absolute Gasteiger partial charge is 0.388 e. The molecule has 4 nitrogen and oxygen atoms in total. The zero-order chi connectivity index (χ0) is 10.4. The molecule has 1 rings (SSSR count). The highest BCUT2D eigenvalue weighted by Crippen LogP contribution is 2.16. The summed E-state index contributed by atoms with van der Waals surface area (Å²) in [7, 11) is 1.84. The van der Waals surface area contributed by atoms with Gasteiger partial charge < -0.3 is 9.84 Å². The van der Waals surface area contributed by atoms with E-state index in [1.54, 1.807) is 10.9 Å². The zero-order valence-electron chi connectivity index (χ0n) is 8.81. The van der Waals surface area contributed by atoms with E-state index in [4.69, 9.17) is 4.74 Å². The Hall–Kier alpha value is -0.870. The lowest BCUT2D eigenvalue weighted by Crippen LogP contribution is -2.00. The number of aliphatic hydroxyl groups excluding tert-OH is 1. The summed E-state index contributed by atoms with van der Waals surface area (Å²) in [6.07, 6.45) is 4.73. The second kappa shape index (κ2) is 5.78. The van der Waals surface area contributed by atoms with E-state index in [9.17, 15) is 5.11 Å². The molecule has 0 aromatic carbocycles. The molecule has 0 aliphatic heterocycles. The topological polar surface area (TPSA) is 47.3 Å². The third kappa shape index (κ3) is 3.47. The van der Waals surface area contributed by atoms with E-state index >= 15 is 0 Å². The fraction of sp³-hybridized carbons (Fsp3) is 0.700. The Morgan fingerprint density at radius 3 is 3.00 bits per heavy atom. The summed E-state index contributed by atoms with van der Waals surface area (Å²) >= 11 is 0. The molecular weight excluding hydrogens is 180 g/mol. The number of rotatable bonds is 6. The van der Waals surface area contributed by atoms with Gasteiger partial charge in [0.25, 0.3) is 0 Å². The fourth-order valence-electron chi connectivity index (χ4n) is 1.30. The van der Waals surface area contributed by atoms with E-state index in [1.165, 1.54) is 0 Å². The van der Waals surface area contributed by atoms with Crippen LogP contribution in [0, 0.1) is 0 Å². The van der Waals surface area contributed by atoms with Crippen molar-refractivity contribution >= 4 is 0 Å². The summed E-state index contributed by atoms with van der Waals surface area (Å²) in [5.74, 6) is 0. The molecule has 1 unspecified atom stereocenters. The molecule has 0 radical (unpaired) electrons. The number of aromatic nitrogens is 2. The van der Waals surface area contributed by atoms with Gasteiger partial charge in [0.1, 0.15) is 0 Å².